The predicted molar refractivity (Wildman–Crippen MR) is 77.1 cm³/mol. The van der Waals surface area contributed by atoms with Crippen LogP contribution in [0.25, 0.3) is 10.8 Å². The van der Waals surface area contributed by atoms with Gasteiger partial charge in [-0.05, 0) is 22.3 Å². The summed E-state index contributed by atoms with van der Waals surface area (Å²) in [5.74, 6) is 0.361. The van der Waals surface area contributed by atoms with Gasteiger partial charge in [0.2, 0.25) is 0 Å². The van der Waals surface area contributed by atoms with Crippen LogP contribution in [0.15, 0.2) is 36.7 Å². The van der Waals surface area contributed by atoms with E-state index in [9.17, 15) is 4.79 Å². The maximum Gasteiger partial charge on any atom is 0.167 e. The fourth-order valence-electron chi connectivity index (χ4n) is 3.34. The van der Waals surface area contributed by atoms with Gasteiger partial charge in [0.15, 0.2) is 5.78 Å². The van der Waals surface area contributed by atoms with Crippen molar-refractivity contribution >= 4 is 16.6 Å². The number of rotatable bonds is 2. The summed E-state index contributed by atoms with van der Waals surface area (Å²) < 4.78 is 0. The van der Waals surface area contributed by atoms with Crippen molar-refractivity contribution < 1.29 is 4.79 Å². The van der Waals surface area contributed by atoms with E-state index in [-0.39, 0.29) is 22.5 Å². The smallest absolute Gasteiger partial charge is 0.167 e. The molecule has 0 radical (unpaired) electrons. The second-order valence-corrected chi connectivity index (χ2v) is 6.64. The number of carbonyl (C=O) groups is 1. The summed E-state index contributed by atoms with van der Waals surface area (Å²) in [6, 6.07) is 7.86. The summed E-state index contributed by atoms with van der Waals surface area (Å²) in [6.45, 7) is 8.72. The van der Waals surface area contributed by atoms with E-state index in [2.05, 4.69) is 32.7 Å². The van der Waals surface area contributed by atoms with Gasteiger partial charge >= 0.3 is 0 Å². The van der Waals surface area contributed by atoms with Gasteiger partial charge in [-0.3, -0.25) is 9.78 Å². The monoisotopic (exact) mass is 253 g/mol. The van der Waals surface area contributed by atoms with Crippen molar-refractivity contribution in [2.45, 2.75) is 27.7 Å². The molecule has 0 atom stereocenters. The Morgan fingerprint density at radius 1 is 1.11 bits per heavy atom. The Balaban J connectivity index is 2.10. The fraction of sp³-hybridized carbons (Fsp3) is 0.412. The fourth-order valence-corrected chi connectivity index (χ4v) is 3.34. The minimum atomic E-state index is 0.0778. The van der Waals surface area contributed by atoms with Crippen LogP contribution in [0, 0.1) is 16.7 Å². The average molecular weight is 253 g/mol. The molecule has 0 saturated heterocycles. The molecule has 1 heterocycles. The van der Waals surface area contributed by atoms with Gasteiger partial charge in [-0.1, -0.05) is 45.9 Å². The van der Waals surface area contributed by atoms with Gasteiger partial charge in [-0.2, -0.15) is 0 Å². The lowest BCUT2D eigenvalue weighted by molar-refractivity contribution is 0.0947. The highest BCUT2D eigenvalue weighted by molar-refractivity contribution is 6.10. The molecule has 0 spiro atoms. The second-order valence-electron chi connectivity index (χ2n) is 6.64. The van der Waals surface area contributed by atoms with Crippen molar-refractivity contribution in [3.8, 4) is 0 Å². The van der Waals surface area contributed by atoms with Gasteiger partial charge in [-0.15, -0.1) is 0 Å². The third kappa shape index (κ3) is 1.55. The van der Waals surface area contributed by atoms with E-state index in [1.54, 1.807) is 12.4 Å². The van der Waals surface area contributed by atoms with Crippen LogP contribution in [0.2, 0.25) is 0 Å². The summed E-state index contributed by atoms with van der Waals surface area (Å²) in [6.07, 6.45) is 3.56. The number of hydrogen-bond donors (Lipinski definition) is 0. The van der Waals surface area contributed by atoms with Crippen LogP contribution < -0.4 is 0 Å². The van der Waals surface area contributed by atoms with Crippen LogP contribution in [-0.4, -0.2) is 10.8 Å². The number of nitrogens with zero attached hydrogens (tertiary/aromatic N) is 1. The highest BCUT2D eigenvalue weighted by Crippen LogP contribution is 2.69. The molecule has 0 N–H and O–H groups in total. The van der Waals surface area contributed by atoms with Crippen molar-refractivity contribution in [1.82, 2.24) is 4.98 Å². The van der Waals surface area contributed by atoms with Gasteiger partial charge in [-0.25, -0.2) is 0 Å². The Kier molecular flexibility index (Phi) is 2.38. The Bertz CT molecular complexity index is 651. The summed E-state index contributed by atoms with van der Waals surface area (Å²) >= 11 is 0. The van der Waals surface area contributed by atoms with Crippen LogP contribution in [0.4, 0.5) is 0 Å². The molecule has 0 aliphatic heterocycles. The first kappa shape index (κ1) is 12.3. The van der Waals surface area contributed by atoms with E-state index in [4.69, 9.17) is 0 Å². The summed E-state index contributed by atoms with van der Waals surface area (Å²) in [5.41, 5.74) is 0.970. The zero-order valence-electron chi connectivity index (χ0n) is 11.9. The molecular formula is C17H19NO. The molecule has 1 aliphatic rings. The molecule has 1 saturated carbocycles. The molecule has 19 heavy (non-hydrogen) atoms. The van der Waals surface area contributed by atoms with Crippen molar-refractivity contribution in [3.63, 3.8) is 0 Å². The Hall–Kier alpha value is -1.70. The maximum absolute atomic E-state index is 12.8. The van der Waals surface area contributed by atoms with Crippen LogP contribution in [0.5, 0.6) is 0 Å². The van der Waals surface area contributed by atoms with Gasteiger partial charge < -0.3 is 0 Å². The highest BCUT2D eigenvalue weighted by atomic mass is 16.1. The van der Waals surface area contributed by atoms with Crippen LogP contribution in [0.1, 0.15) is 38.1 Å². The topological polar surface area (TPSA) is 30.0 Å². The molecule has 1 aromatic carbocycles. The number of pyridine rings is 1. The van der Waals surface area contributed by atoms with Crippen molar-refractivity contribution in [3.05, 3.63) is 42.2 Å². The molecule has 0 unspecified atom stereocenters. The summed E-state index contributed by atoms with van der Waals surface area (Å²) in [7, 11) is 0. The van der Waals surface area contributed by atoms with Gasteiger partial charge in [0, 0.05) is 29.3 Å². The number of Topliss-reactive ketones (excluding diaryl/α,β-unsaturated/α-hetero) is 1. The number of benzene rings is 1. The summed E-state index contributed by atoms with van der Waals surface area (Å²) in [5, 5.41) is 2.05. The first-order valence-corrected chi connectivity index (χ1v) is 6.74. The average Bonchev–Trinajstić information content (AvgIpc) is 2.78. The largest absolute Gasteiger partial charge is 0.294 e. The Morgan fingerprint density at radius 3 is 2.42 bits per heavy atom. The SMILES string of the molecule is CC1(C)C(C(=O)c2cccc3ccncc23)C1(C)C. The van der Waals surface area contributed by atoms with Crippen LogP contribution in [0.3, 0.4) is 0 Å². The first-order chi connectivity index (χ1) is 8.87. The molecule has 0 bridgehead atoms. The minimum Gasteiger partial charge on any atom is -0.294 e. The molecule has 2 heteroatoms. The number of fused-ring (bicyclic) bond motifs is 1. The van der Waals surface area contributed by atoms with Crippen LogP contribution >= 0.6 is 0 Å². The molecule has 1 aliphatic carbocycles. The van der Waals surface area contributed by atoms with Gasteiger partial charge in [0.05, 0.1) is 0 Å². The molecule has 2 aromatic rings. The standard InChI is InChI=1S/C17H19NO/c1-16(2)15(17(16,3)4)14(19)12-7-5-6-11-8-9-18-10-13(11)12/h5-10,15H,1-4H3. The third-order valence-corrected chi connectivity index (χ3v) is 5.23. The minimum absolute atomic E-state index is 0.0778. The van der Waals surface area contributed by atoms with Gasteiger partial charge in [0.25, 0.3) is 0 Å². The lowest BCUT2D eigenvalue weighted by Crippen LogP contribution is -2.08. The molecule has 1 fully saturated rings. The van der Waals surface area contributed by atoms with E-state index in [1.807, 2.05) is 24.3 Å². The third-order valence-electron chi connectivity index (χ3n) is 5.23. The van der Waals surface area contributed by atoms with Gasteiger partial charge in [0.1, 0.15) is 0 Å². The Morgan fingerprint density at radius 2 is 1.79 bits per heavy atom. The maximum atomic E-state index is 12.8. The number of hydrogen-bond acceptors (Lipinski definition) is 2. The first-order valence-electron chi connectivity index (χ1n) is 6.74. The normalized spacial score (nSPS) is 20.4. The highest BCUT2D eigenvalue weighted by Gasteiger charge is 2.67. The Labute approximate surface area is 113 Å². The molecular weight excluding hydrogens is 234 g/mol. The van der Waals surface area contributed by atoms with E-state index in [1.165, 1.54) is 0 Å². The molecule has 2 nitrogen and oxygen atoms in total. The molecule has 0 amide bonds. The van der Waals surface area contributed by atoms with Crippen LogP contribution in [-0.2, 0) is 0 Å². The number of carbonyl (C=O) groups excluding carboxylic acids is 1. The van der Waals surface area contributed by atoms with Crippen molar-refractivity contribution in [1.29, 1.82) is 0 Å². The van der Waals surface area contributed by atoms with E-state index in [0.717, 1.165) is 16.3 Å². The quantitative estimate of drug-likeness (QED) is 0.754. The number of aromatic nitrogens is 1. The zero-order chi connectivity index (χ0) is 13.8. The molecule has 3 rings (SSSR count). The zero-order valence-corrected chi connectivity index (χ0v) is 11.9. The second kappa shape index (κ2) is 3.66. The lowest BCUT2D eigenvalue weighted by atomic mass is 9.97. The van der Waals surface area contributed by atoms with E-state index >= 15 is 0 Å². The van der Waals surface area contributed by atoms with Crippen molar-refractivity contribution in [2.24, 2.45) is 16.7 Å². The molecule has 1 aromatic heterocycles. The summed E-state index contributed by atoms with van der Waals surface area (Å²) in [4.78, 5) is 17.0. The lowest BCUT2D eigenvalue weighted by Gasteiger charge is -2.06. The van der Waals surface area contributed by atoms with E-state index in [0.29, 0.717) is 0 Å². The predicted octanol–water partition coefficient (Wildman–Crippen LogP) is 4.10. The number of ketones is 1. The molecule has 98 valence electrons. The van der Waals surface area contributed by atoms with E-state index < -0.39 is 0 Å². The van der Waals surface area contributed by atoms with Crippen molar-refractivity contribution in [2.75, 3.05) is 0 Å².